The zero-order valence-electron chi connectivity index (χ0n) is 12.9. The molecular formula is C16H16N4O2S. The Balaban J connectivity index is 1.71. The van der Waals surface area contributed by atoms with Crippen LogP contribution in [0.2, 0.25) is 0 Å². The lowest BCUT2D eigenvalue weighted by molar-refractivity contribution is 0.0729. The van der Waals surface area contributed by atoms with E-state index in [0.29, 0.717) is 24.5 Å². The first-order valence-electron chi connectivity index (χ1n) is 7.43. The summed E-state index contributed by atoms with van der Waals surface area (Å²) in [5.41, 5.74) is 4.61. The van der Waals surface area contributed by atoms with Crippen LogP contribution in [-0.4, -0.2) is 38.2 Å². The van der Waals surface area contributed by atoms with Crippen LogP contribution in [0.25, 0.3) is 10.9 Å². The van der Waals surface area contributed by atoms with Crippen molar-refractivity contribution in [1.29, 1.82) is 0 Å². The van der Waals surface area contributed by atoms with Gasteiger partial charge in [-0.15, -0.1) is 0 Å². The largest absolute Gasteiger partial charge is 0.497 e. The van der Waals surface area contributed by atoms with E-state index in [1.54, 1.807) is 7.11 Å². The third-order valence-corrected chi connectivity index (χ3v) is 4.94. The maximum absolute atomic E-state index is 12.7. The van der Waals surface area contributed by atoms with Crippen molar-refractivity contribution in [2.24, 2.45) is 0 Å². The van der Waals surface area contributed by atoms with Crippen LogP contribution in [0.4, 0.5) is 0 Å². The first-order valence-corrected chi connectivity index (χ1v) is 8.16. The zero-order chi connectivity index (χ0) is 16.0. The number of hydrogen-bond donors (Lipinski definition) is 1. The van der Waals surface area contributed by atoms with Gasteiger partial charge in [0.1, 0.15) is 5.75 Å². The summed E-state index contributed by atoms with van der Waals surface area (Å²) in [7, 11) is 1.66. The first kappa shape index (κ1) is 14.2. The van der Waals surface area contributed by atoms with Crippen LogP contribution in [0, 0.1) is 6.92 Å². The van der Waals surface area contributed by atoms with E-state index < -0.39 is 0 Å². The summed E-state index contributed by atoms with van der Waals surface area (Å²) in [6.45, 7) is 3.09. The molecule has 1 amide bonds. The van der Waals surface area contributed by atoms with Crippen LogP contribution in [0.5, 0.6) is 5.75 Å². The minimum Gasteiger partial charge on any atom is -0.497 e. The Hall–Kier alpha value is -2.41. The van der Waals surface area contributed by atoms with E-state index in [1.165, 1.54) is 11.3 Å². The molecule has 1 N–H and O–H groups in total. The molecule has 118 valence electrons. The molecule has 0 spiro atoms. The van der Waals surface area contributed by atoms with Crippen molar-refractivity contribution in [2.75, 3.05) is 13.7 Å². The van der Waals surface area contributed by atoms with E-state index in [1.807, 2.05) is 30.0 Å². The van der Waals surface area contributed by atoms with Crippen molar-refractivity contribution in [1.82, 2.24) is 18.6 Å². The monoisotopic (exact) mass is 328 g/mol. The average Bonchev–Trinajstić information content (AvgIpc) is 3.16. The summed E-state index contributed by atoms with van der Waals surface area (Å²) >= 11 is 1.08. The van der Waals surface area contributed by atoms with Crippen molar-refractivity contribution in [3.63, 3.8) is 0 Å². The minimum atomic E-state index is -0.0425. The fraction of sp³-hybridized carbons (Fsp3) is 0.312. The number of ether oxygens (including phenoxy) is 1. The number of aromatic amines is 1. The number of H-pyrrole nitrogens is 1. The summed E-state index contributed by atoms with van der Waals surface area (Å²) < 4.78 is 13.6. The zero-order valence-corrected chi connectivity index (χ0v) is 13.7. The molecule has 23 heavy (non-hydrogen) atoms. The molecule has 0 fully saturated rings. The molecule has 1 aliphatic rings. The second-order valence-electron chi connectivity index (χ2n) is 5.67. The molecule has 6 nitrogen and oxygen atoms in total. The van der Waals surface area contributed by atoms with Crippen LogP contribution < -0.4 is 4.74 Å². The van der Waals surface area contributed by atoms with Crippen LogP contribution in [0.3, 0.4) is 0 Å². The number of nitrogens with one attached hydrogen (secondary N) is 1. The third kappa shape index (κ3) is 2.28. The number of fused-ring (bicyclic) bond motifs is 3. The maximum atomic E-state index is 12.7. The third-order valence-electron chi connectivity index (χ3n) is 4.32. The lowest BCUT2D eigenvalue weighted by Crippen LogP contribution is -2.36. The van der Waals surface area contributed by atoms with E-state index in [2.05, 4.69) is 13.7 Å². The number of aromatic nitrogens is 3. The first-order chi connectivity index (χ1) is 11.2. The standard InChI is InChI=1S/C16H16N4O2S/c1-9-15(19-23-18-9)16(21)20-6-5-14-12(8-20)11-7-10(22-2)3-4-13(11)17-14/h3-4,7,17H,5-6,8H2,1-2H3. The van der Waals surface area contributed by atoms with Gasteiger partial charge in [0, 0.05) is 41.7 Å². The number of aryl methyl sites for hydroxylation is 1. The van der Waals surface area contributed by atoms with Crippen molar-refractivity contribution in [2.45, 2.75) is 19.9 Å². The van der Waals surface area contributed by atoms with Crippen LogP contribution in [0.15, 0.2) is 18.2 Å². The van der Waals surface area contributed by atoms with Crippen LogP contribution >= 0.6 is 11.7 Å². The van der Waals surface area contributed by atoms with Gasteiger partial charge in [-0.1, -0.05) is 0 Å². The Morgan fingerprint density at radius 3 is 3.00 bits per heavy atom. The van der Waals surface area contributed by atoms with Gasteiger partial charge in [0.2, 0.25) is 0 Å². The minimum absolute atomic E-state index is 0.0425. The average molecular weight is 328 g/mol. The van der Waals surface area contributed by atoms with Crippen molar-refractivity contribution < 1.29 is 9.53 Å². The summed E-state index contributed by atoms with van der Waals surface area (Å²) in [4.78, 5) is 18.0. The molecule has 4 rings (SSSR count). The van der Waals surface area contributed by atoms with Gasteiger partial charge in [-0.05, 0) is 25.1 Å². The van der Waals surface area contributed by atoms with E-state index in [4.69, 9.17) is 4.74 Å². The highest BCUT2D eigenvalue weighted by Crippen LogP contribution is 2.31. The molecule has 0 aliphatic carbocycles. The molecule has 0 bridgehead atoms. The molecular weight excluding hydrogens is 312 g/mol. The number of carbonyl (C=O) groups excluding carboxylic acids is 1. The van der Waals surface area contributed by atoms with Crippen molar-refractivity contribution >= 4 is 28.5 Å². The number of methoxy groups -OCH3 is 1. The number of benzene rings is 1. The molecule has 1 aliphatic heterocycles. The number of nitrogens with zero attached hydrogens (tertiary/aromatic N) is 3. The summed E-state index contributed by atoms with van der Waals surface area (Å²) in [5.74, 6) is 0.779. The lowest BCUT2D eigenvalue weighted by Gasteiger charge is -2.26. The second-order valence-corrected chi connectivity index (χ2v) is 6.20. The van der Waals surface area contributed by atoms with E-state index in [0.717, 1.165) is 34.8 Å². The van der Waals surface area contributed by atoms with E-state index >= 15 is 0 Å². The van der Waals surface area contributed by atoms with Crippen LogP contribution in [-0.2, 0) is 13.0 Å². The highest BCUT2D eigenvalue weighted by molar-refractivity contribution is 6.99. The predicted molar refractivity (Wildman–Crippen MR) is 87.9 cm³/mol. The normalized spacial score (nSPS) is 14.1. The van der Waals surface area contributed by atoms with Gasteiger partial charge in [0.15, 0.2) is 5.69 Å². The summed E-state index contributed by atoms with van der Waals surface area (Å²) in [6, 6.07) is 5.99. The molecule has 7 heteroatoms. The highest BCUT2D eigenvalue weighted by atomic mass is 32.1. The van der Waals surface area contributed by atoms with Gasteiger partial charge in [-0.3, -0.25) is 4.79 Å². The van der Waals surface area contributed by atoms with Crippen molar-refractivity contribution in [3.8, 4) is 5.75 Å². The quantitative estimate of drug-likeness (QED) is 0.785. The molecule has 1 aromatic carbocycles. The summed E-state index contributed by atoms with van der Waals surface area (Å²) in [6.07, 6.45) is 0.814. The van der Waals surface area contributed by atoms with Crippen LogP contribution in [0.1, 0.15) is 27.4 Å². The molecule has 3 heterocycles. The Kier molecular flexibility index (Phi) is 3.30. The fourth-order valence-electron chi connectivity index (χ4n) is 3.07. The van der Waals surface area contributed by atoms with E-state index in [9.17, 15) is 4.79 Å². The Bertz CT molecular complexity index is 899. The smallest absolute Gasteiger partial charge is 0.275 e. The van der Waals surface area contributed by atoms with Gasteiger partial charge < -0.3 is 14.6 Å². The highest BCUT2D eigenvalue weighted by Gasteiger charge is 2.27. The van der Waals surface area contributed by atoms with Gasteiger partial charge in [0.05, 0.1) is 24.5 Å². The number of hydrogen-bond acceptors (Lipinski definition) is 5. The molecule has 3 aromatic rings. The van der Waals surface area contributed by atoms with E-state index in [-0.39, 0.29) is 5.91 Å². The van der Waals surface area contributed by atoms with Gasteiger partial charge in [-0.2, -0.15) is 8.75 Å². The number of rotatable bonds is 2. The Morgan fingerprint density at radius 2 is 2.26 bits per heavy atom. The number of carbonyl (C=O) groups is 1. The topological polar surface area (TPSA) is 71.1 Å². The lowest BCUT2D eigenvalue weighted by atomic mass is 10.0. The summed E-state index contributed by atoms with van der Waals surface area (Å²) in [5, 5.41) is 1.12. The second kappa shape index (κ2) is 5.34. The molecule has 0 radical (unpaired) electrons. The predicted octanol–water partition coefficient (Wildman–Crippen LogP) is 2.53. The SMILES string of the molecule is COc1ccc2[nH]c3c(c2c1)CN(C(=O)c1nsnc1C)CC3. The van der Waals surface area contributed by atoms with Gasteiger partial charge >= 0.3 is 0 Å². The molecule has 0 saturated carbocycles. The molecule has 0 atom stereocenters. The van der Waals surface area contributed by atoms with Crippen molar-refractivity contribution in [3.05, 3.63) is 40.8 Å². The van der Waals surface area contributed by atoms with Gasteiger partial charge in [0.25, 0.3) is 5.91 Å². The molecule has 0 saturated heterocycles. The Morgan fingerprint density at radius 1 is 1.39 bits per heavy atom. The fourth-order valence-corrected chi connectivity index (χ4v) is 3.61. The number of amides is 1. The molecule has 0 unspecified atom stereocenters. The molecule has 2 aromatic heterocycles. The maximum Gasteiger partial charge on any atom is 0.275 e. The Labute approximate surface area is 137 Å². The van der Waals surface area contributed by atoms with Gasteiger partial charge in [-0.25, -0.2) is 0 Å².